The Morgan fingerprint density at radius 1 is 1.19 bits per heavy atom. The number of barbiturate groups is 1. The van der Waals surface area contributed by atoms with Crippen LogP contribution in [0.1, 0.15) is 27.2 Å². The Morgan fingerprint density at radius 2 is 1.69 bits per heavy atom. The summed E-state index contributed by atoms with van der Waals surface area (Å²) in [5.74, 6) is -0.583. The molecule has 2 N–H and O–H groups in total. The number of amides is 4. The molecule has 6 heteroatoms. The quantitative estimate of drug-likeness (QED) is 0.720. The number of imide groups is 2. The average Bonchev–Trinajstić information content (AvgIpc) is 2.17. The molecule has 0 bridgehead atoms. The minimum absolute atomic E-state index is 0.335. The van der Waals surface area contributed by atoms with Crippen molar-refractivity contribution >= 4 is 29.6 Å². The number of urea groups is 1. The van der Waals surface area contributed by atoms with Crippen molar-refractivity contribution in [3.8, 4) is 0 Å². The summed E-state index contributed by atoms with van der Waals surface area (Å²) < 4.78 is 0. The van der Waals surface area contributed by atoms with Crippen LogP contribution in [0.5, 0.6) is 0 Å². The van der Waals surface area contributed by atoms with Gasteiger partial charge in [0.25, 0.3) is 0 Å². The SMILES string of the molecule is CCC1(CSC(C)C)C(=O)NC(=O)NC1=O. The van der Waals surface area contributed by atoms with Gasteiger partial charge in [0.1, 0.15) is 5.41 Å². The Balaban J connectivity index is 2.87. The van der Waals surface area contributed by atoms with Crippen LogP contribution in [0.2, 0.25) is 0 Å². The summed E-state index contributed by atoms with van der Waals surface area (Å²) in [6.45, 7) is 5.77. The molecule has 1 aliphatic heterocycles. The second-order valence-electron chi connectivity index (χ2n) is 4.03. The van der Waals surface area contributed by atoms with Gasteiger partial charge in [-0.05, 0) is 11.7 Å². The lowest BCUT2D eigenvalue weighted by atomic mass is 9.84. The fraction of sp³-hybridized carbons (Fsp3) is 0.700. The van der Waals surface area contributed by atoms with E-state index in [4.69, 9.17) is 0 Å². The van der Waals surface area contributed by atoms with Crippen LogP contribution < -0.4 is 10.6 Å². The molecule has 90 valence electrons. The number of thioether (sulfide) groups is 1. The van der Waals surface area contributed by atoms with E-state index in [1.807, 2.05) is 13.8 Å². The van der Waals surface area contributed by atoms with Gasteiger partial charge in [-0.1, -0.05) is 20.8 Å². The lowest BCUT2D eigenvalue weighted by molar-refractivity contribution is -0.142. The first kappa shape index (κ1) is 13.0. The van der Waals surface area contributed by atoms with E-state index in [1.165, 1.54) is 11.8 Å². The molecule has 0 atom stereocenters. The van der Waals surface area contributed by atoms with Crippen molar-refractivity contribution in [1.82, 2.24) is 10.6 Å². The van der Waals surface area contributed by atoms with Gasteiger partial charge in [-0.3, -0.25) is 20.2 Å². The maximum atomic E-state index is 11.8. The smallest absolute Gasteiger partial charge is 0.277 e. The summed E-state index contributed by atoms with van der Waals surface area (Å²) in [5.41, 5.74) is -1.11. The topological polar surface area (TPSA) is 75.3 Å². The summed E-state index contributed by atoms with van der Waals surface area (Å²) in [4.78, 5) is 34.5. The number of carbonyl (C=O) groups is 3. The van der Waals surface area contributed by atoms with Crippen molar-refractivity contribution in [3.05, 3.63) is 0 Å². The predicted molar refractivity (Wildman–Crippen MR) is 62.0 cm³/mol. The molecule has 0 unspecified atom stereocenters. The molecule has 1 fully saturated rings. The van der Waals surface area contributed by atoms with E-state index in [-0.39, 0.29) is 0 Å². The van der Waals surface area contributed by atoms with Crippen LogP contribution in [0.4, 0.5) is 4.79 Å². The molecule has 4 amide bonds. The van der Waals surface area contributed by atoms with E-state index in [1.54, 1.807) is 6.92 Å². The highest BCUT2D eigenvalue weighted by Crippen LogP contribution is 2.31. The Kier molecular flexibility index (Phi) is 3.96. The van der Waals surface area contributed by atoms with Crippen molar-refractivity contribution in [2.45, 2.75) is 32.4 Å². The van der Waals surface area contributed by atoms with Crippen molar-refractivity contribution in [2.24, 2.45) is 5.41 Å². The van der Waals surface area contributed by atoms with Crippen molar-refractivity contribution < 1.29 is 14.4 Å². The van der Waals surface area contributed by atoms with Crippen LogP contribution in [0.25, 0.3) is 0 Å². The predicted octanol–water partition coefficient (Wildman–Crippen LogP) is 0.890. The minimum atomic E-state index is -1.11. The number of rotatable bonds is 4. The zero-order valence-corrected chi connectivity index (χ0v) is 10.4. The van der Waals surface area contributed by atoms with E-state index < -0.39 is 23.3 Å². The van der Waals surface area contributed by atoms with Gasteiger partial charge in [0, 0.05) is 5.75 Å². The number of nitrogens with one attached hydrogen (secondary N) is 2. The average molecular weight is 244 g/mol. The fourth-order valence-corrected chi connectivity index (χ4v) is 2.53. The third-order valence-corrected chi connectivity index (χ3v) is 3.92. The van der Waals surface area contributed by atoms with E-state index in [0.29, 0.717) is 17.4 Å². The third kappa shape index (κ3) is 2.37. The van der Waals surface area contributed by atoms with Crippen LogP contribution in [0.15, 0.2) is 0 Å². The number of hydrogen-bond donors (Lipinski definition) is 2. The molecule has 0 radical (unpaired) electrons. The Morgan fingerprint density at radius 3 is 2.06 bits per heavy atom. The molecule has 1 rings (SSSR count). The van der Waals surface area contributed by atoms with Crippen LogP contribution in [0.3, 0.4) is 0 Å². The summed E-state index contributed by atoms with van der Waals surface area (Å²) in [7, 11) is 0. The highest BCUT2D eigenvalue weighted by molar-refractivity contribution is 7.99. The largest absolute Gasteiger partial charge is 0.328 e. The Labute approximate surface area is 98.7 Å². The molecule has 5 nitrogen and oxygen atoms in total. The van der Waals surface area contributed by atoms with E-state index in [2.05, 4.69) is 10.6 Å². The molecule has 0 spiro atoms. The summed E-state index contributed by atoms with van der Waals surface area (Å²) in [6, 6.07) is -0.728. The molecule has 0 aromatic carbocycles. The second-order valence-corrected chi connectivity index (χ2v) is 5.60. The fourth-order valence-electron chi connectivity index (χ4n) is 1.44. The number of carbonyl (C=O) groups excluding carboxylic acids is 3. The maximum Gasteiger partial charge on any atom is 0.328 e. The summed E-state index contributed by atoms with van der Waals surface area (Å²) >= 11 is 1.54. The van der Waals surface area contributed by atoms with Crippen LogP contribution in [0, 0.1) is 5.41 Å². The standard InChI is InChI=1S/C10H16N2O3S/c1-4-10(5-16-6(2)3)7(13)11-9(15)12-8(10)14/h6H,4-5H2,1-3H3,(H2,11,12,13,14,15). The normalized spacial score (nSPS) is 19.6. The third-order valence-electron chi connectivity index (χ3n) is 2.59. The lowest BCUT2D eigenvalue weighted by Gasteiger charge is -2.33. The molecule has 1 saturated heterocycles. The minimum Gasteiger partial charge on any atom is -0.277 e. The molecule has 0 aromatic rings. The van der Waals surface area contributed by atoms with Gasteiger partial charge >= 0.3 is 6.03 Å². The van der Waals surface area contributed by atoms with Gasteiger partial charge in [-0.15, -0.1) is 0 Å². The summed E-state index contributed by atoms with van der Waals surface area (Å²) in [5, 5.41) is 4.64. The first-order valence-electron chi connectivity index (χ1n) is 5.21. The van der Waals surface area contributed by atoms with Gasteiger partial charge in [0.2, 0.25) is 11.8 Å². The molecular formula is C10H16N2O3S. The Bertz CT molecular complexity index is 308. The van der Waals surface area contributed by atoms with Gasteiger partial charge < -0.3 is 0 Å². The molecule has 16 heavy (non-hydrogen) atoms. The van der Waals surface area contributed by atoms with Crippen molar-refractivity contribution in [2.75, 3.05) is 5.75 Å². The van der Waals surface area contributed by atoms with Gasteiger partial charge in [0.15, 0.2) is 0 Å². The van der Waals surface area contributed by atoms with Crippen LogP contribution in [-0.2, 0) is 9.59 Å². The highest BCUT2D eigenvalue weighted by Gasteiger charge is 2.48. The van der Waals surface area contributed by atoms with Crippen LogP contribution in [-0.4, -0.2) is 28.8 Å². The number of hydrogen-bond acceptors (Lipinski definition) is 4. The van der Waals surface area contributed by atoms with E-state index in [0.717, 1.165) is 0 Å². The van der Waals surface area contributed by atoms with Gasteiger partial charge in [-0.25, -0.2) is 4.79 Å². The first-order valence-corrected chi connectivity index (χ1v) is 6.25. The first-order chi connectivity index (χ1) is 7.42. The molecular weight excluding hydrogens is 228 g/mol. The lowest BCUT2D eigenvalue weighted by Crippen LogP contribution is -2.63. The zero-order valence-electron chi connectivity index (χ0n) is 9.62. The van der Waals surface area contributed by atoms with Gasteiger partial charge in [-0.2, -0.15) is 11.8 Å². The van der Waals surface area contributed by atoms with E-state index in [9.17, 15) is 14.4 Å². The molecule has 0 saturated carbocycles. The van der Waals surface area contributed by atoms with Crippen molar-refractivity contribution in [1.29, 1.82) is 0 Å². The monoisotopic (exact) mass is 244 g/mol. The second kappa shape index (κ2) is 4.86. The van der Waals surface area contributed by atoms with E-state index >= 15 is 0 Å². The molecule has 1 heterocycles. The zero-order chi connectivity index (χ0) is 12.3. The maximum absolute atomic E-state index is 11.8. The van der Waals surface area contributed by atoms with Gasteiger partial charge in [0.05, 0.1) is 0 Å². The highest BCUT2D eigenvalue weighted by atomic mass is 32.2. The molecule has 0 aromatic heterocycles. The molecule has 0 aliphatic carbocycles. The Hall–Kier alpha value is -1.04. The molecule has 1 aliphatic rings. The van der Waals surface area contributed by atoms with Crippen molar-refractivity contribution in [3.63, 3.8) is 0 Å². The van der Waals surface area contributed by atoms with Crippen LogP contribution >= 0.6 is 11.8 Å². The summed E-state index contributed by atoms with van der Waals surface area (Å²) in [6.07, 6.45) is 0.387.